The fraction of sp³-hybridized carbons (Fsp3) is 0.421. The first-order valence-corrected chi connectivity index (χ1v) is 33.8. The molecule has 0 aliphatic carbocycles. The highest BCUT2D eigenvalue weighted by atomic mass is 79.9. The highest BCUT2D eigenvalue weighted by Crippen LogP contribution is 2.31. The monoisotopic (exact) mass is 1130 g/mol. The van der Waals surface area contributed by atoms with E-state index >= 15 is 0 Å². The molecule has 0 amide bonds. The summed E-state index contributed by atoms with van der Waals surface area (Å²) in [4.78, 5) is 68.4. The lowest BCUT2D eigenvalue weighted by atomic mass is 9.87. The Bertz CT molecular complexity index is 3270. The molecule has 3 N–H and O–H groups in total. The molecule has 2 aromatic carbocycles. The van der Waals surface area contributed by atoms with Crippen molar-refractivity contribution in [2.24, 2.45) is 16.2 Å². The molecule has 6 heterocycles. The third-order valence-electron chi connectivity index (χ3n) is 11.8. The number of fused-ring (bicyclic) bond motifs is 3. The molecule has 76 heavy (non-hydrogen) atoms. The molecule has 0 atom stereocenters. The van der Waals surface area contributed by atoms with Crippen LogP contribution in [0.25, 0.3) is 33.5 Å². The molecule has 0 fully saturated rings. The van der Waals surface area contributed by atoms with Gasteiger partial charge >= 0.3 is 0 Å². The van der Waals surface area contributed by atoms with Crippen molar-refractivity contribution in [1.29, 1.82) is 0 Å². The van der Waals surface area contributed by atoms with Crippen LogP contribution in [-0.4, -0.2) is 90.7 Å². The molecule has 0 aliphatic rings. The quantitative estimate of drug-likeness (QED) is 0.0443. The standard InChI is InChI=1S/C23H32N4O2Si.C17H26BrN3O2Si.C17H18N4O/c1-23(2,3)21(28)18-15-27(16-29-12-13-30(4,5)6)22-20(18)26-19(14-24-22)25-17-10-8-7-9-11-17;1-17(2,3)15(22)12-10-21(11-23-7-8-24(4,5)6)16-14(12)20-13(18)9-19-16;1-17(2,3)15(22)12-9-18-16-14(12)21-13(10-19-16)20-11-7-5-4-6-8-11/h7-11,14-15H,12-13,16H2,1-6H3,(H,25,26);9-10H,7-8,11H2,1-6H3;4-10H,1-3H3,(H,18,19)(H,20,21). The van der Waals surface area contributed by atoms with E-state index in [4.69, 9.17) is 14.5 Å². The third-order valence-corrected chi connectivity index (χ3v) is 15.6. The molecule has 0 saturated heterocycles. The van der Waals surface area contributed by atoms with Gasteiger partial charge in [-0.2, -0.15) is 0 Å². The zero-order chi connectivity index (χ0) is 55.8. The normalized spacial score (nSPS) is 12.3. The Balaban J connectivity index is 0.000000188. The number of hydrogen-bond acceptors (Lipinski definition) is 13. The fourth-order valence-electron chi connectivity index (χ4n) is 7.43. The minimum atomic E-state index is -1.16. The van der Waals surface area contributed by atoms with Gasteiger partial charge in [0.1, 0.15) is 46.3 Å². The highest BCUT2D eigenvalue weighted by Gasteiger charge is 2.30. The Morgan fingerprint density at radius 1 is 0.553 bits per heavy atom. The van der Waals surface area contributed by atoms with Gasteiger partial charge in [0, 0.05) is 75.6 Å². The fourth-order valence-corrected chi connectivity index (χ4v) is 9.22. The average Bonchev–Trinajstić information content (AvgIpc) is 4.03. The van der Waals surface area contributed by atoms with E-state index in [1.165, 1.54) is 0 Å². The lowest BCUT2D eigenvalue weighted by Crippen LogP contribution is -2.22. The van der Waals surface area contributed by atoms with E-state index in [9.17, 15) is 14.4 Å². The molecule has 6 aromatic heterocycles. The summed E-state index contributed by atoms with van der Waals surface area (Å²) in [6.07, 6.45) is 10.3. The van der Waals surface area contributed by atoms with Crippen LogP contribution in [-0.2, 0) is 22.9 Å². The Hall–Kier alpha value is -6.26. The van der Waals surface area contributed by atoms with Crippen molar-refractivity contribution in [2.75, 3.05) is 23.8 Å². The van der Waals surface area contributed by atoms with Gasteiger partial charge in [-0.15, -0.1) is 0 Å². The molecule has 8 rings (SSSR count). The molecule has 0 bridgehead atoms. The molecule has 16 nitrogen and oxygen atoms in total. The van der Waals surface area contributed by atoms with Gasteiger partial charge in [0.25, 0.3) is 0 Å². The van der Waals surface area contributed by atoms with Gasteiger partial charge in [-0.25, -0.2) is 29.9 Å². The van der Waals surface area contributed by atoms with E-state index in [0.29, 0.717) is 86.5 Å². The number of para-hydroxylation sites is 2. The van der Waals surface area contributed by atoms with Gasteiger partial charge in [0.2, 0.25) is 0 Å². The Morgan fingerprint density at radius 2 is 0.947 bits per heavy atom. The highest BCUT2D eigenvalue weighted by molar-refractivity contribution is 9.10. The molecule has 404 valence electrons. The zero-order valence-corrected chi connectivity index (χ0v) is 50.6. The first kappa shape index (κ1) is 59.0. The number of ether oxygens (including phenoxy) is 2. The third kappa shape index (κ3) is 16.4. The van der Waals surface area contributed by atoms with Gasteiger partial charge in [0.05, 0.1) is 35.3 Å². The molecule has 0 unspecified atom stereocenters. The number of Topliss-reactive ketones (excluding diaryl/α,β-unsaturated/α-hetero) is 3. The van der Waals surface area contributed by atoms with E-state index in [-0.39, 0.29) is 17.3 Å². The topological polar surface area (TPSA) is 197 Å². The van der Waals surface area contributed by atoms with Crippen LogP contribution in [0.5, 0.6) is 0 Å². The van der Waals surface area contributed by atoms with Crippen molar-refractivity contribution >= 4 is 106 Å². The van der Waals surface area contributed by atoms with Crippen molar-refractivity contribution in [3.8, 4) is 0 Å². The number of aromatic nitrogens is 9. The van der Waals surface area contributed by atoms with Crippen LogP contribution in [0.3, 0.4) is 0 Å². The number of hydrogen-bond donors (Lipinski definition) is 3. The van der Waals surface area contributed by atoms with Gasteiger partial charge in [0.15, 0.2) is 34.3 Å². The second kappa shape index (κ2) is 24.4. The molecule has 19 heteroatoms. The van der Waals surface area contributed by atoms with Gasteiger partial charge in [-0.1, -0.05) is 138 Å². The smallest absolute Gasteiger partial charge is 0.171 e. The number of H-pyrrole nitrogens is 1. The summed E-state index contributed by atoms with van der Waals surface area (Å²) in [5, 5.41) is 6.45. The Labute approximate surface area is 457 Å². The van der Waals surface area contributed by atoms with Gasteiger partial charge in [-0.3, -0.25) is 14.4 Å². The maximum atomic E-state index is 13.1. The van der Waals surface area contributed by atoms with Crippen molar-refractivity contribution in [2.45, 2.75) is 127 Å². The largest absolute Gasteiger partial charge is 0.361 e. The van der Waals surface area contributed by atoms with E-state index in [1.54, 1.807) is 24.8 Å². The summed E-state index contributed by atoms with van der Waals surface area (Å²) < 4.78 is 16.1. The average molecular weight is 1130 g/mol. The van der Waals surface area contributed by atoms with Gasteiger partial charge < -0.3 is 34.2 Å². The molecule has 0 aliphatic heterocycles. The summed E-state index contributed by atoms with van der Waals surface area (Å²) >= 11 is 3.34. The maximum Gasteiger partial charge on any atom is 0.171 e. The van der Waals surface area contributed by atoms with E-state index in [2.05, 4.69) is 95.7 Å². The van der Waals surface area contributed by atoms with Crippen LogP contribution >= 0.6 is 15.9 Å². The number of ketones is 3. The number of aromatic amines is 1. The summed E-state index contributed by atoms with van der Waals surface area (Å²) in [7, 11) is -2.27. The van der Waals surface area contributed by atoms with E-state index < -0.39 is 32.4 Å². The molecule has 0 radical (unpaired) electrons. The summed E-state index contributed by atoms with van der Waals surface area (Å²) in [6, 6.07) is 21.7. The Morgan fingerprint density at radius 3 is 1.38 bits per heavy atom. The second-order valence-corrected chi connectivity index (χ2v) is 36.4. The number of nitrogens with zero attached hydrogens (tertiary/aromatic N) is 8. The van der Waals surface area contributed by atoms with Gasteiger partial charge in [-0.05, 0) is 52.3 Å². The van der Waals surface area contributed by atoms with Crippen LogP contribution < -0.4 is 10.6 Å². The lowest BCUT2D eigenvalue weighted by Gasteiger charge is -2.16. The first-order valence-electron chi connectivity index (χ1n) is 25.6. The summed E-state index contributed by atoms with van der Waals surface area (Å²) in [6.45, 7) is 33.3. The first-order chi connectivity index (χ1) is 35.5. The number of carbonyl (C=O) groups is 3. The van der Waals surface area contributed by atoms with Crippen LogP contribution in [0, 0.1) is 16.2 Å². The molecule has 0 saturated carbocycles. The van der Waals surface area contributed by atoms with Crippen molar-refractivity contribution in [1.82, 2.24) is 44.0 Å². The molecular weight excluding hydrogens is 1050 g/mol. The lowest BCUT2D eigenvalue weighted by molar-refractivity contribution is 0.0842. The number of benzene rings is 2. The van der Waals surface area contributed by atoms with Crippen LogP contribution in [0.15, 0.2) is 102 Å². The zero-order valence-electron chi connectivity index (χ0n) is 47.0. The number of nitrogens with one attached hydrogen (secondary N) is 3. The van der Waals surface area contributed by atoms with E-state index in [0.717, 1.165) is 30.1 Å². The molecule has 0 spiro atoms. The molecule has 8 aromatic rings. The number of rotatable bonds is 17. The minimum Gasteiger partial charge on any atom is -0.361 e. The number of halogens is 1. The summed E-state index contributed by atoms with van der Waals surface area (Å²) in [5.74, 6) is 1.36. The van der Waals surface area contributed by atoms with Crippen molar-refractivity contribution in [3.05, 3.63) is 119 Å². The maximum absolute atomic E-state index is 13.1. The van der Waals surface area contributed by atoms with Crippen molar-refractivity contribution < 1.29 is 23.9 Å². The predicted molar refractivity (Wildman–Crippen MR) is 316 cm³/mol. The predicted octanol–water partition coefficient (Wildman–Crippen LogP) is 14.4. The van der Waals surface area contributed by atoms with Crippen LogP contribution in [0.4, 0.5) is 23.0 Å². The minimum absolute atomic E-state index is 0.0412. The van der Waals surface area contributed by atoms with Crippen LogP contribution in [0.1, 0.15) is 93.4 Å². The number of carbonyl (C=O) groups excluding carboxylic acids is 3. The van der Waals surface area contributed by atoms with E-state index in [1.807, 2.05) is 145 Å². The molecular formula is C57H76BrN11O5Si2. The van der Waals surface area contributed by atoms with Crippen LogP contribution in [0.2, 0.25) is 51.4 Å². The summed E-state index contributed by atoms with van der Waals surface area (Å²) in [5.41, 5.74) is 5.94. The number of anilines is 4. The Kier molecular flexibility index (Phi) is 18.9. The SMILES string of the molecule is CC(C)(C)C(=O)c1c[nH]c2ncc(Nc3ccccc3)nc12.CC(C)(C)C(=O)c1cn(COCC[Si](C)(C)C)c2ncc(Br)nc12.CC(C)(C)C(=O)c1cn(COCC[Si](C)(C)C)c2ncc(Nc3ccccc3)nc12. The van der Waals surface area contributed by atoms with Crippen molar-refractivity contribution in [3.63, 3.8) is 0 Å². The second-order valence-electron chi connectivity index (χ2n) is 24.4.